The summed E-state index contributed by atoms with van der Waals surface area (Å²) in [4.78, 5) is 8.05. The number of ether oxygens (including phenoxy) is 1. The Bertz CT molecular complexity index is 909. The number of hydrogen-bond donors (Lipinski definition) is 2. The zero-order valence-corrected chi connectivity index (χ0v) is 11.9. The summed E-state index contributed by atoms with van der Waals surface area (Å²) in [7, 11) is 1.60. The topological polar surface area (TPSA) is 111 Å². The number of fused-ring (bicyclic) bond motifs is 1. The minimum Gasteiger partial charge on any atom is -0.496 e. The fourth-order valence-corrected chi connectivity index (χ4v) is 2.48. The minimum atomic E-state index is 0.0263. The van der Waals surface area contributed by atoms with Crippen LogP contribution in [-0.4, -0.2) is 17.1 Å². The van der Waals surface area contributed by atoms with Gasteiger partial charge in [0.1, 0.15) is 23.2 Å². The van der Waals surface area contributed by atoms with Gasteiger partial charge in [-0.25, -0.2) is 4.98 Å². The number of nitriles is 1. The molecule has 6 nitrogen and oxygen atoms in total. The molecule has 1 heterocycles. The van der Waals surface area contributed by atoms with Crippen molar-refractivity contribution in [3.05, 3.63) is 42.0 Å². The van der Waals surface area contributed by atoms with Gasteiger partial charge in [0.25, 0.3) is 0 Å². The summed E-state index contributed by atoms with van der Waals surface area (Å²) < 4.78 is 5.43. The standard InChI is InChI=1S/C16H13N5O/c1-22-12-7-3-5-9-4-2-6-10(13(9)12)14-11(8-17)15(18)21-16(19)20-14/h2-7H,1H3,(H4,18,19,20,21). The van der Waals surface area contributed by atoms with Gasteiger partial charge in [0.15, 0.2) is 0 Å². The molecule has 0 fully saturated rings. The van der Waals surface area contributed by atoms with Gasteiger partial charge in [-0.15, -0.1) is 0 Å². The van der Waals surface area contributed by atoms with Crippen LogP contribution in [0.25, 0.3) is 22.0 Å². The lowest BCUT2D eigenvalue weighted by molar-refractivity contribution is 0.420. The Kier molecular flexibility index (Phi) is 3.24. The van der Waals surface area contributed by atoms with E-state index in [1.807, 2.05) is 42.5 Å². The molecule has 3 rings (SSSR count). The average molecular weight is 291 g/mol. The molecule has 0 saturated heterocycles. The quantitative estimate of drug-likeness (QED) is 0.749. The summed E-state index contributed by atoms with van der Waals surface area (Å²) in [5.74, 6) is 0.781. The molecule has 0 unspecified atom stereocenters. The van der Waals surface area contributed by atoms with Crippen molar-refractivity contribution in [1.82, 2.24) is 9.97 Å². The number of methoxy groups -OCH3 is 1. The summed E-state index contributed by atoms with van der Waals surface area (Å²) in [6.45, 7) is 0. The molecule has 4 N–H and O–H groups in total. The first-order chi connectivity index (χ1) is 10.7. The maximum atomic E-state index is 9.37. The molecule has 0 aliphatic rings. The maximum absolute atomic E-state index is 9.37. The molecule has 0 saturated carbocycles. The van der Waals surface area contributed by atoms with Crippen molar-refractivity contribution in [3.63, 3.8) is 0 Å². The van der Waals surface area contributed by atoms with E-state index in [0.29, 0.717) is 11.4 Å². The van der Waals surface area contributed by atoms with Crippen molar-refractivity contribution in [3.8, 4) is 23.1 Å². The lowest BCUT2D eigenvalue weighted by Crippen LogP contribution is -2.05. The molecule has 0 amide bonds. The van der Waals surface area contributed by atoms with Crippen LogP contribution in [0.2, 0.25) is 0 Å². The molecule has 0 aliphatic carbocycles. The highest BCUT2D eigenvalue weighted by molar-refractivity contribution is 6.01. The van der Waals surface area contributed by atoms with Gasteiger partial charge in [0, 0.05) is 10.9 Å². The lowest BCUT2D eigenvalue weighted by Gasteiger charge is -2.12. The fourth-order valence-electron chi connectivity index (χ4n) is 2.48. The number of hydrogen-bond acceptors (Lipinski definition) is 6. The lowest BCUT2D eigenvalue weighted by atomic mass is 9.98. The highest BCUT2D eigenvalue weighted by Gasteiger charge is 2.17. The Labute approximate surface area is 127 Å². The van der Waals surface area contributed by atoms with Gasteiger partial charge in [0.2, 0.25) is 5.95 Å². The third-order valence-corrected chi connectivity index (χ3v) is 3.41. The summed E-state index contributed by atoms with van der Waals surface area (Å²) in [6, 6.07) is 13.5. The van der Waals surface area contributed by atoms with E-state index in [9.17, 15) is 5.26 Å². The van der Waals surface area contributed by atoms with Crippen molar-refractivity contribution in [2.45, 2.75) is 0 Å². The van der Waals surface area contributed by atoms with Crippen LogP contribution in [0.4, 0.5) is 11.8 Å². The largest absolute Gasteiger partial charge is 0.496 e. The third kappa shape index (κ3) is 2.05. The molecule has 0 radical (unpaired) electrons. The molecule has 0 atom stereocenters. The first-order valence-electron chi connectivity index (χ1n) is 6.55. The molecule has 6 heteroatoms. The number of nitrogens with zero attached hydrogens (tertiary/aromatic N) is 3. The van der Waals surface area contributed by atoms with Crippen LogP contribution in [0.3, 0.4) is 0 Å². The molecule has 1 aromatic heterocycles. The second-order valence-electron chi connectivity index (χ2n) is 4.67. The number of nitrogen functional groups attached to an aromatic ring is 2. The molecule has 108 valence electrons. The molecule has 0 bridgehead atoms. The second-order valence-corrected chi connectivity index (χ2v) is 4.67. The van der Waals surface area contributed by atoms with E-state index < -0.39 is 0 Å². The van der Waals surface area contributed by atoms with E-state index in [2.05, 4.69) is 9.97 Å². The van der Waals surface area contributed by atoms with E-state index in [0.717, 1.165) is 16.3 Å². The molecule has 2 aromatic carbocycles. The Morgan fingerprint density at radius 2 is 1.82 bits per heavy atom. The molecule has 0 spiro atoms. The first-order valence-corrected chi connectivity index (χ1v) is 6.55. The first kappa shape index (κ1) is 13.6. The highest BCUT2D eigenvalue weighted by Crippen LogP contribution is 2.36. The summed E-state index contributed by atoms with van der Waals surface area (Å²) in [5, 5.41) is 11.2. The van der Waals surface area contributed by atoms with Crippen molar-refractivity contribution < 1.29 is 4.74 Å². The van der Waals surface area contributed by atoms with E-state index in [4.69, 9.17) is 16.2 Å². The molecule has 22 heavy (non-hydrogen) atoms. The molecular formula is C16H13N5O. The predicted octanol–water partition coefficient (Wildman–Crippen LogP) is 2.34. The number of rotatable bonds is 2. The third-order valence-electron chi connectivity index (χ3n) is 3.41. The van der Waals surface area contributed by atoms with Crippen LogP contribution in [-0.2, 0) is 0 Å². The maximum Gasteiger partial charge on any atom is 0.222 e. The van der Waals surface area contributed by atoms with Crippen molar-refractivity contribution in [2.75, 3.05) is 18.6 Å². The summed E-state index contributed by atoms with van der Waals surface area (Å²) >= 11 is 0. The van der Waals surface area contributed by atoms with Crippen LogP contribution in [0, 0.1) is 11.3 Å². The van der Waals surface area contributed by atoms with Crippen LogP contribution in [0.1, 0.15) is 5.56 Å². The normalized spacial score (nSPS) is 10.4. The van der Waals surface area contributed by atoms with Crippen molar-refractivity contribution >= 4 is 22.5 Å². The smallest absolute Gasteiger partial charge is 0.222 e. The number of anilines is 2. The van der Waals surface area contributed by atoms with Crippen LogP contribution in [0.15, 0.2) is 36.4 Å². The minimum absolute atomic E-state index is 0.0263. The van der Waals surface area contributed by atoms with E-state index in [1.165, 1.54) is 0 Å². The Hall–Kier alpha value is -3.33. The monoisotopic (exact) mass is 291 g/mol. The Morgan fingerprint density at radius 1 is 1.09 bits per heavy atom. The fraction of sp³-hybridized carbons (Fsp3) is 0.0625. The van der Waals surface area contributed by atoms with Gasteiger partial charge in [-0.1, -0.05) is 30.3 Å². The van der Waals surface area contributed by atoms with Gasteiger partial charge < -0.3 is 16.2 Å². The Balaban J connectivity index is 2.44. The van der Waals surface area contributed by atoms with E-state index in [1.54, 1.807) is 7.11 Å². The molecule has 3 aromatic rings. The van der Waals surface area contributed by atoms with Gasteiger partial charge >= 0.3 is 0 Å². The highest BCUT2D eigenvalue weighted by atomic mass is 16.5. The van der Waals surface area contributed by atoms with Crippen LogP contribution in [0.5, 0.6) is 5.75 Å². The summed E-state index contributed by atoms with van der Waals surface area (Å²) in [5.41, 5.74) is 12.8. The van der Waals surface area contributed by atoms with Crippen LogP contribution < -0.4 is 16.2 Å². The van der Waals surface area contributed by atoms with Gasteiger partial charge in [-0.3, -0.25) is 0 Å². The molecule has 0 aliphatic heterocycles. The SMILES string of the molecule is COc1cccc2cccc(-c3nc(N)nc(N)c3C#N)c12. The van der Waals surface area contributed by atoms with Crippen LogP contribution >= 0.6 is 0 Å². The van der Waals surface area contributed by atoms with Crippen molar-refractivity contribution in [1.29, 1.82) is 5.26 Å². The van der Waals surface area contributed by atoms with Crippen molar-refractivity contribution in [2.24, 2.45) is 0 Å². The van der Waals surface area contributed by atoms with Gasteiger partial charge in [-0.05, 0) is 11.5 Å². The number of aromatic nitrogens is 2. The summed E-state index contributed by atoms with van der Waals surface area (Å²) in [6.07, 6.45) is 0. The predicted molar refractivity (Wildman–Crippen MR) is 85.1 cm³/mol. The van der Waals surface area contributed by atoms with E-state index in [-0.39, 0.29) is 17.3 Å². The van der Waals surface area contributed by atoms with E-state index >= 15 is 0 Å². The zero-order valence-electron chi connectivity index (χ0n) is 11.9. The average Bonchev–Trinajstić information content (AvgIpc) is 2.53. The zero-order chi connectivity index (χ0) is 15.7. The second kappa shape index (κ2) is 5.22. The van der Waals surface area contributed by atoms with Gasteiger partial charge in [-0.2, -0.15) is 10.2 Å². The Morgan fingerprint density at radius 3 is 2.50 bits per heavy atom. The number of benzene rings is 2. The number of nitrogens with two attached hydrogens (primary N) is 2. The van der Waals surface area contributed by atoms with Gasteiger partial charge in [0.05, 0.1) is 12.8 Å². The molecular weight excluding hydrogens is 278 g/mol.